The van der Waals surface area contributed by atoms with Gasteiger partial charge in [0.25, 0.3) is 0 Å². The second-order valence-corrected chi connectivity index (χ2v) is 7.93. The first-order valence-corrected chi connectivity index (χ1v) is 10.2. The molecule has 1 saturated heterocycles. The van der Waals surface area contributed by atoms with Crippen LogP contribution in [-0.4, -0.2) is 34.8 Å². The van der Waals surface area contributed by atoms with E-state index >= 15 is 0 Å². The van der Waals surface area contributed by atoms with Gasteiger partial charge < -0.3 is 14.6 Å². The predicted octanol–water partition coefficient (Wildman–Crippen LogP) is 4.08. The smallest absolute Gasteiger partial charge is 0.227 e. The summed E-state index contributed by atoms with van der Waals surface area (Å²) in [7, 11) is 0. The van der Waals surface area contributed by atoms with E-state index in [0.29, 0.717) is 19.0 Å². The third kappa shape index (κ3) is 3.75. The number of aromatic nitrogens is 1. The maximum Gasteiger partial charge on any atom is 0.227 e. The zero-order valence-corrected chi connectivity index (χ0v) is 16.1. The number of likely N-dealkylation sites (tertiary alicyclic amines) is 1. The van der Waals surface area contributed by atoms with Crippen LogP contribution in [0.25, 0.3) is 22.6 Å². The van der Waals surface area contributed by atoms with Gasteiger partial charge >= 0.3 is 0 Å². The summed E-state index contributed by atoms with van der Waals surface area (Å²) in [6.07, 6.45) is 3.51. The standard InChI is InChI=1S/C23H23N3O3/c27-21(15-11-13-26(14-12-15)23(28)17-5-6-17)24-18-9-7-16(8-10-18)22-25-19-3-1-2-4-20(19)29-22/h1-4,7-10,15,17H,5-6,11-14H2,(H,24,27). The first kappa shape index (κ1) is 17.9. The van der Waals surface area contributed by atoms with Crippen LogP contribution in [0.5, 0.6) is 0 Å². The number of carbonyl (C=O) groups is 2. The Kier molecular flexibility index (Phi) is 4.54. The summed E-state index contributed by atoms with van der Waals surface area (Å²) < 4.78 is 5.79. The summed E-state index contributed by atoms with van der Waals surface area (Å²) >= 11 is 0. The van der Waals surface area contributed by atoms with Crippen molar-refractivity contribution in [1.29, 1.82) is 0 Å². The summed E-state index contributed by atoms with van der Waals surface area (Å²) in [4.78, 5) is 31.2. The van der Waals surface area contributed by atoms with Crippen molar-refractivity contribution >= 4 is 28.6 Å². The highest BCUT2D eigenvalue weighted by molar-refractivity contribution is 5.93. The van der Waals surface area contributed by atoms with Crippen molar-refractivity contribution < 1.29 is 14.0 Å². The number of fused-ring (bicyclic) bond motifs is 1. The number of amides is 2. The molecule has 0 unspecified atom stereocenters. The Morgan fingerprint density at radius 1 is 0.931 bits per heavy atom. The zero-order valence-electron chi connectivity index (χ0n) is 16.1. The number of nitrogens with one attached hydrogen (secondary N) is 1. The summed E-state index contributed by atoms with van der Waals surface area (Å²) in [5.41, 5.74) is 3.20. The Labute approximate surface area is 168 Å². The van der Waals surface area contributed by atoms with Crippen LogP contribution in [-0.2, 0) is 9.59 Å². The first-order valence-electron chi connectivity index (χ1n) is 10.2. The maximum atomic E-state index is 12.6. The summed E-state index contributed by atoms with van der Waals surface area (Å²) in [6, 6.07) is 15.2. The van der Waals surface area contributed by atoms with Gasteiger partial charge in [-0.3, -0.25) is 9.59 Å². The minimum absolute atomic E-state index is 0.0260. The number of nitrogens with zero attached hydrogens (tertiary/aromatic N) is 2. The van der Waals surface area contributed by atoms with Crippen LogP contribution in [0.4, 0.5) is 5.69 Å². The van der Waals surface area contributed by atoms with Gasteiger partial charge in [0.15, 0.2) is 5.58 Å². The van der Waals surface area contributed by atoms with E-state index in [1.165, 1.54) is 0 Å². The van der Waals surface area contributed by atoms with Gasteiger partial charge in [-0.2, -0.15) is 0 Å². The molecule has 29 heavy (non-hydrogen) atoms. The van der Waals surface area contributed by atoms with Crippen LogP contribution in [0.3, 0.4) is 0 Å². The van der Waals surface area contributed by atoms with Crippen LogP contribution < -0.4 is 5.32 Å². The lowest BCUT2D eigenvalue weighted by Gasteiger charge is -2.31. The van der Waals surface area contributed by atoms with Gasteiger partial charge in [0.05, 0.1) is 0 Å². The highest BCUT2D eigenvalue weighted by Gasteiger charge is 2.35. The largest absolute Gasteiger partial charge is 0.436 e. The Balaban J connectivity index is 1.19. The normalized spacial score (nSPS) is 17.4. The molecule has 6 nitrogen and oxygen atoms in total. The van der Waals surface area contributed by atoms with E-state index in [0.717, 1.165) is 48.0 Å². The summed E-state index contributed by atoms with van der Waals surface area (Å²) in [5.74, 6) is 1.07. The lowest BCUT2D eigenvalue weighted by atomic mass is 9.95. The number of rotatable bonds is 4. The number of benzene rings is 2. The molecule has 5 rings (SSSR count). The molecule has 0 radical (unpaired) electrons. The monoisotopic (exact) mass is 389 g/mol. The number of anilines is 1. The Bertz CT molecular complexity index is 1010. The van der Waals surface area contributed by atoms with E-state index < -0.39 is 0 Å². The van der Waals surface area contributed by atoms with Crippen molar-refractivity contribution in [2.24, 2.45) is 11.8 Å². The third-order valence-corrected chi connectivity index (χ3v) is 5.80. The van der Waals surface area contributed by atoms with Crippen LogP contribution in [0.15, 0.2) is 52.9 Å². The van der Waals surface area contributed by atoms with Crippen molar-refractivity contribution in [1.82, 2.24) is 9.88 Å². The molecule has 2 aliphatic rings. The lowest BCUT2D eigenvalue weighted by Crippen LogP contribution is -2.42. The van der Waals surface area contributed by atoms with Gasteiger partial charge in [-0.05, 0) is 62.1 Å². The van der Waals surface area contributed by atoms with Gasteiger partial charge in [0.2, 0.25) is 17.7 Å². The van der Waals surface area contributed by atoms with Gasteiger partial charge in [0.1, 0.15) is 5.52 Å². The number of carbonyl (C=O) groups excluding carboxylic acids is 2. The van der Waals surface area contributed by atoms with Gasteiger partial charge in [0, 0.05) is 36.2 Å². The SMILES string of the molecule is O=C(Nc1ccc(-c2nc3ccccc3o2)cc1)C1CCN(C(=O)C2CC2)CC1. The van der Waals surface area contributed by atoms with Gasteiger partial charge in [-0.25, -0.2) is 4.98 Å². The van der Waals surface area contributed by atoms with Crippen LogP contribution >= 0.6 is 0 Å². The fourth-order valence-electron chi connectivity index (χ4n) is 3.89. The molecule has 6 heteroatoms. The number of oxazole rings is 1. The molecule has 0 atom stereocenters. The molecular formula is C23H23N3O3. The van der Waals surface area contributed by atoms with Crippen molar-refractivity contribution in [2.45, 2.75) is 25.7 Å². The molecule has 2 aromatic carbocycles. The van der Waals surface area contributed by atoms with E-state index in [1.807, 2.05) is 53.4 Å². The summed E-state index contributed by atoms with van der Waals surface area (Å²) in [6.45, 7) is 1.37. The first-order chi connectivity index (χ1) is 14.2. The molecule has 0 bridgehead atoms. The van der Waals surface area contributed by atoms with Crippen LogP contribution in [0, 0.1) is 11.8 Å². The van der Waals surface area contributed by atoms with Crippen molar-refractivity contribution in [3.05, 3.63) is 48.5 Å². The molecule has 3 aromatic rings. The molecule has 1 N–H and O–H groups in total. The van der Waals surface area contributed by atoms with E-state index in [2.05, 4.69) is 10.3 Å². The number of piperidine rings is 1. The van der Waals surface area contributed by atoms with E-state index in [-0.39, 0.29) is 23.7 Å². The molecule has 148 valence electrons. The number of hydrogen-bond acceptors (Lipinski definition) is 4. The molecule has 2 fully saturated rings. The van der Waals surface area contributed by atoms with Crippen molar-refractivity contribution in [3.8, 4) is 11.5 Å². The average Bonchev–Trinajstić information content (AvgIpc) is 3.52. The van der Waals surface area contributed by atoms with Crippen LogP contribution in [0.2, 0.25) is 0 Å². The van der Waals surface area contributed by atoms with Crippen molar-refractivity contribution in [2.75, 3.05) is 18.4 Å². The van der Waals surface area contributed by atoms with E-state index in [1.54, 1.807) is 0 Å². The highest BCUT2D eigenvalue weighted by Crippen LogP contribution is 2.32. The van der Waals surface area contributed by atoms with Gasteiger partial charge in [-0.15, -0.1) is 0 Å². The summed E-state index contributed by atoms with van der Waals surface area (Å²) in [5, 5.41) is 3.00. The molecule has 0 spiro atoms. The minimum atomic E-state index is -0.0463. The second-order valence-electron chi connectivity index (χ2n) is 7.93. The zero-order chi connectivity index (χ0) is 19.8. The lowest BCUT2D eigenvalue weighted by molar-refractivity contribution is -0.135. The van der Waals surface area contributed by atoms with Crippen molar-refractivity contribution in [3.63, 3.8) is 0 Å². The number of hydrogen-bond donors (Lipinski definition) is 1. The molecule has 1 aliphatic heterocycles. The van der Waals surface area contributed by atoms with E-state index in [9.17, 15) is 9.59 Å². The molecule has 1 aromatic heterocycles. The predicted molar refractivity (Wildman–Crippen MR) is 110 cm³/mol. The Morgan fingerprint density at radius 2 is 1.66 bits per heavy atom. The average molecular weight is 389 g/mol. The fourth-order valence-corrected chi connectivity index (χ4v) is 3.89. The highest BCUT2D eigenvalue weighted by atomic mass is 16.3. The minimum Gasteiger partial charge on any atom is -0.436 e. The number of para-hydroxylation sites is 2. The van der Waals surface area contributed by atoms with Gasteiger partial charge in [-0.1, -0.05) is 12.1 Å². The quantitative estimate of drug-likeness (QED) is 0.729. The molecular weight excluding hydrogens is 366 g/mol. The van der Waals surface area contributed by atoms with E-state index in [4.69, 9.17) is 4.42 Å². The molecule has 2 heterocycles. The molecule has 2 amide bonds. The molecule has 1 saturated carbocycles. The second kappa shape index (κ2) is 7.35. The third-order valence-electron chi connectivity index (χ3n) is 5.80. The Morgan fingerprint density at radius 3 is 2.34 bits per heavy atom. The van der Waals surface area contributed by atoms with Crippen LogP contribution in [0.1, 0.15) is 25.7 Å². The molecule has 1 aliphatic carbocycles. The Hall–Kier alpha value is -3.15. The maximum absolute atomic E-state index is 12.6. The topological polar surface area (TPSA) is 75.4 Å². The fraction of sp³-hybridized carbons (Fsp3) is 0.348.